The van der Waals surface area contributed by atoms with Crippen molar-refractivity contribution in [2.75, 3.05) is 22.5 Å². The Bertz CT molecular complexity index is 1260. The normalized spacial score (nSPS) is 10.5. The largest absolute Gasteiger partial charge is 0.383 e. The molecule has 3 N–H and O–H groups in total. The molecule has 2 amide bonds. The molecule has 0 saturated heterocycles. The van der Waals surface area contributed by atoms with E-state index in [0.29, 0.717) is 28.5 Å². The molecule has 4 rings (SSSR count). The summed E-state index contributed by atoms with van der Waals surface area (Å²) in [5, 5.41) is 21.8. The second-order valence-electron chi connectivity index (χ2n) is 6.76. The minimum Gasteiger partial charge on any atom is -0.383 e. The van der Waals surface area contributed by atoms with Gasteiger partial charge in [-0.25, -0.2) is 9.78 Å². The SMILES string of the molecule is N#Cc1cnc2sccc2c1NCCc1ccc(NC(=O)Nc2cccc(Cl)c2)cc1. The number of fused-ring (bicyclic) bond motifs is 1. The van der Waals surface area contributed by atoms with Crippen LogP contribution in [0.3, 0.4) is 0 Å². The molecule has 2 aromatic carbocycles. The number of carbonyl (C=O) groups is 1. The maximum absolute atomic E-state index is 12.1. The van der Waals surface area contributed by atoms with Gasteiger partial charge in [0.25, 0.3) is 0 Å². The molecular formula is C23H18ClN5OS. The van der Waals surface area contributed by atoms with Crippen molar-refractivity contribution in [3.8, 4) is 6.07 Å². The first-order valence-corrected chi connectivity index (χ1v) is 10.8. The Labute approximate surface area is 188 Å². The van der Waals surface area contributed by atoms with Crippen LogP contribution in [0.4, 0.5) is 21.9 Å². The Kier molecular flexibility index (Phi) is 6.32. The van der Waals surface area contributed by atoms with E-state index in [1.807, 2.05) is 35.7 Å². The predicted octanol–water partition coefficient (Wildman–Crippen LogP) is 6.12. The smallest absolute Gasteiger partial charge is 0.323 e. The lowest BCUT2D eigenvalue weighted by Crippen LogP contribution is -2.19. The topological polar surface area (TPSA) is 89.8 Å². The van der Waals surface area contributed by atoms with Crippen molar-refractivity contribution >= 4 is 56.2 Å². The second-order valence-corrected chi connectivity index (χ2v) is 8.09. The Balaban J connectivity index is 1.33. The number of nitrogens with zero attached hydrogens (tertiary/aromatic N) is 2. The second kappa shape index (κ2) is 9.47. The lowest BCUT2D eigenvalue weighted by Gasteiger charge is -2.11. The molecule has 0 saturated carbocycles. The molecule has 0 bridgehead atoms. The molecule has 0 aliphatic rings. The van der Waals surface area contributed by atoms with E-state index < -0.39 is 0 Å². The van der Waals surface area contributed by atoms with Gasteiger partial charge >= 0.3 is 6.03 Å². The Hall–Kier alpha value is -3.60. The molecule has 0 spiro atoms. The van der Waals surface area contributed by atoms with E-state index in [-0.39, 0.29) is 6.03 Å². The van der Waals surface area contributed by atoms with Crippen molar-refractivity contribution in [2.45, 2.75) is 6.42 Å². The zero-order chi connectivity index (χ0) is 21.6. The molecule has 4 aromatic rings. The Morgan fingerprint density at radius 3 is 2.68 bits per heavy atom. The van der Waals surface area contributed by atoms with Crippen molar-refractivity contribution in [1.82, 2.24) is 4.98 Å². The molecular weight excluding hydrogens is 430 g/mol. The fourth-order valence-electron chi connectivity index (χ4n) is 3.15. The average molecular weight is 448 g/mol. The highest BCUT2D eigenvalue weighted by Gasteiger charge is 2.09. The number of pyridine rings is 1. The molecule has 31 heavy (non-hydrogen) atoms. The number of thiophene rings is 1. The van der Waals surface area contributed by atoms with Crippen LogP contribution < -0.4 is 16.0 Å². The number of urea groups is 1. The zero-order valence-electron chi connectivity index (χ0n) is 16.4. The third-order valence-electron chi connectivity index (χ3n) is 4.62. The van der Waals surface area contributed by atoms with Crippen LogP contribution in [0.15, 0.2) is 66.2 Å². The predicted molar refractivity (Wildman–Crippen MR) is 127 cm³/mol. The molecule has 0 radical (unpaired) electrons. The Morgan fingerprint density at radius 2 is 1.90 bits per heavy atom. The molecule has 0 atom stereocenters. The van der Waals surface area contributed by atoms with Gasteiger partial charge in [0.15, 0.2) is 0 Å². The van der Waals surface area contributed by atoms with E-state index in [1.165, 1.54) is 0 Å². The van der Waals surface area contributed by atoms with Crippen LogP contribution >= 0.6 is 22.9 Å². The number of benzene rings is 2. The number of hydrogen-bond acceptors (Lipinski definition) is 5. The van der Waals surface area contributed by atoms with Crippen molar-refractivity contribution in [1.29, 1.82) is 5.26 Å². The Morgan fingerprint density at radius 1 is 1.10 bits per heavy atom. The number of amides is 2. The van der Waals surface area contributed by atoms with Crippen molar-refractivity contribution in [2.24, 2.45) is 0 Å². The lowest BCUT2D eigenvalue weighted by molar-refractivity contribution is 0.262. The highest BCUT2D eigenvalue weighted by atomic mass is 35.5. The van der Waals surface area contributed by atoms with Gasteiger partial charge in [0.05, 0.1) is 11.3 Å². The number of carbonyl (C=O) groups excluding carboxylic acids is 1. The van der Waals surface area contributed by atoms with Gasteiger partial charge in [-0.05, 0) is 53.8 Å². The van der Waals surface area contributed by atoms with E-state index >= 15 is 0 Å². The van der Waals surface area contributed by atoms with E-state index in [0.717, 1.165) is 27.9 Å². The molecule has 6 nitrogen and oxygen atoms in total. The number of nitriles is 1. The van der Waals surface area contributed by atoms with Crippen LogP contribution in [0.5, 0.6) is 0 Å². The quantitative estimate of drug-likeness (QED) is 0.332. The summed E-state index contributed by atoms with van der Waals surface area (Å²) in [5.74, 6) is 0. The van der Waals surface area contributed by atoms with Crippen LogP contribution in [0.1, 0.15) is 11.1 Å². The molecule has 8 heteroatoms. The summed E-state index contributed by atoms with van der Waals surface area (Å²) in [6.45, 7) is 0.672. The summed E-state index contributed by atoms with van der Waals surface area (Å²) >= 11 is 7.48. The third-order valence-corrected chi connectivity index (χ3v) is 5.68. The molecule has 2 heterocycles. The van der Waals surface area contributed by atoms with E-state index in [1.54, 1.807) is 41.8 Å². The highest BCUT2D eigenvalue weighted by Crippen LogP contribution is 2.29. The number of rotatable bonds is 6. The van der Waals surface area contributed by atoms with Gasteiger partial charge in [0, 0.05) is 34.5 Å². The summed E-state index contributed by atoms with van der Waals surface area (Å²) in [7, 11) is 0. The fraction of sp³-hybridized carbons (Fsp3) is 0.0870. The first kappa shape index (κ1) is 20.7. The van der Waals surface area contributed by atoms with Gasteiger partial charge < -0.3 is 16.0 Å². The van der Waals surface area contributed by atoms with Crippen LogP contribution in [-0.4, -0.2) is 17.6 Å². The van der Waals surface area contributed by atoms with Gasteiger partial charge in [-0.3, -0.25) is 0 Å². The van der Waals surface area contributed by atoms with Crippen LogP contribution in [0, 0.1) is 11.3 Å². The van der Waals surface area contributed by atoms with Crippen molar-refractivity contribution in [3.63, 3.8) is 0 Å². The summed E-state index contributed by atoms with van der Waals surface area (Å²) in [6.07, 6.45) is 2.38. The number of anilines is 3. The van der Waals surface area contributed by atoms with Crippen LogP contribution in [0.25, 0.3) is 10.2 Å². The highest BCUT2D eigenvalue weighted by molar-refractivity contribution is 7.16. The molecule has 154 valence electrons. The number of aromatic nitrogens is 1. The molecule has 0 aliphatic carbocycles. The van der Waals surface area contributed by atoms with Crippen LogP contribution in [-0.2, 0) is 6.42 Å². The summed E-state index contributed by atoms with van der Waals surface area (Å²) < 4.78 is 0. The summed E-state index contributed by atoms with van der Waals surface area (Å²) in [5.41, 5.74) is 3.79. The number of hydrogen-bond donors (Lipinski definition) is 3. The van der Waals surface area contributed by atoms with E-state index in [4.69, 9.17) is 11.6 Å². The van der Waals surface area contributed by atoms with Crippen molar-refractivity contribution in [3.05, 3.63) is 82.3 Å². The molecule has 2 aromatic heterocycles. The van der Waals surface area contributed by atoms with Crippen LogP contribution in [0.2, 0.25) is 5.02 Å². The standard InChI is InChI=1S/C23H18ClN5OS/c24-17-2-1-3-19(12-17)29-23(30)28-18-6-4-15(5-7-18)8-10-26-21-16(13-25)14-27-22-20(21)9-11-31-22/h1-7,9,11-12,14H,8,10H2,(H,26,27)(H2,28,29,30). The molecule has 0 fully saturated rings. The fourth-order valence-corrected chi connectivity index (χ4v) is 4.08. The minimum atomic E-state index is -0.335. The third kappa shape index (κ3) is 5.12. The minimum absolute atomic E-state index is 0.335. The van der Waals surface area contributed by atoms with Gasteiger partial charge in [-0.2, -0.15) is 5.26 Å². The van der Waals surface area contributed by atoms with Crippen molar-refractivity contribution < 1.29 is 4.79 Å². The monoisotopic (exact) mass is 447 g/mol. The van der Waals surface area contributed by atoms with E-state index in [2.05, 4.69) is 27.0 Å². The average Bonchev–Trinajstić information content (AvgIpc) is 3.24. The number of halogens is 1. The van der Waals surface area contributed by atoms with E-state index in [9.17, 15) is 10.1 Å². The first-order valence-electron chi connectivity index (χ1n) is 9.55. The zero-order valence-corrected chi connectivity index (χ0v) is 17.9. The number of nitrogens with one attached hydrogen (secondary N) is 3. The lowest BCUT2D eigenvalue weighted by atomic mass is 10.1. The van der Waals surface area contributed by atoms with Gasteiger partial charge in [-0.1, -0.05) is 29.8 Å². The molecule has 0 unspecified atom stereocenters. The summed E-state index contributed by atoms with van der Waals surface area (Å²) in [4.78, 5) is 17.4. The first-order chi connectivity index (χ1) is 15.1. The maximum atomic E-state index is 12.1. The maximum Gasteiger partial charge on any atom is 0.323 e. The van der Waals surface area contributed by atoms with Gasteiger partial charge in [0.1, 0.15) is 10.9 Å². The van der Waals surface area contributed by atoms with Gasteiger partial charge in [0.2, 0.25) is 0 Å². The molecule has 0 aliphatic heterocycles. The summed E-state index contributed by atoms with van der Waals surface area (Å²) in [6, 6.07) is 18.5. The van der Waals surface area contributed by atoms with Gasteiger partial charge in [-0.15, -0.1) is 11.3 Å².